The molecule has 0 saturated heterocycles. The van der Waals surface area contributed by atoms with E-state index in [0.29, 0.717) is 43.3 Å². The largest absolute Gasteiger partial charge is 0.465 e. The van der Waals surface area contributed by atoms with E-state index in [9.17, 15) is 14.4 Å². The van der Waals surface area contributed by atoms with Crippen molar-refractivity contribution < 1.29 is 23.5 Å². The van der Waals surface area contributed by atoms with E-state index < -0.39 is 18.0 Å². The van der Waals surface area contributed by atoms with Crippen LogP contribution in [0, 0.1) is 0 Å². The van der Waals surface area contributed by atoms with Gasteiger partial charge in [0.25, 0.3) is 5.56 Å². The lowest BCUT2D eigenvalue weighted by molar-refractivity contribution is -0.139. The summed E-state index contributed by atoms with van der Waals surface area (Å²) in [6, 6.07) is 17.2. The van der Waals surface area contributed by atoms with E-state index in [-0.39, 0.29) is 12.2 Å². The van der Waals surface area contributed by atoms with E-state index in [4.69, 9.17) is 13.9 Å². The number of fused-ring (bicyclic) bond motifs is 1. The summed E-state index contributed by atoms with van der Waals surface area (Å²) in [6.45, 7) is 3.69. The molecule has 39 heavy (non-hydrogen) atoms. The van der Waals surface area contributed by atoms with Gasteiger partial charge in [-0.05, 0) is 55.8 Å². The van der Waals surface area contributed by atoms with Crippen LogP contribution < -0.4 is 14.9 Å². The van der Waals surface area contributed by atoms with E-state index in [0.717, 1.165) is 10.0 Å². The molecule has 0 amide bonds. The lowest BCUT2D eigenvalue weighted by Gasteiger charge is -2.24. The molecule has 3 heterocycles. The molecule has 4 aromatic rings. The Bertz CT molecular complexity index is 1800. The lowest BCUT2D eigenvalue weighted by Crippen LogP contribution is -2.39. The Kier molecular flexibility index (Phi) is 7.49. The molecule has 1 aliphatic rings. The monoisotopic (exact) mass is 606 g/mol. The second kappa shape index (κ2) is 11.0. The lowest BCUT2D eigenvalue weighted by atomic mass is 9.96. The van der Waals surface area contributed by atoms with Gasteiger partial charge in [-0.25, -0.2) is 14.6 Å². The van der Waals surface area contributed by atoms with Crippen LogP contribution in [-0.2, 0) is 14.3 Å². The van der Waals surface area contributed by atoms with Crippen LogP contribution in [0.5, 0.6) is 0 Å². The van der Waals surface area contributed by atoms with Crippen LogP contribution in [0.2, 0.25) is 0 Å². The van der Waals surface area contributed by atoms with Crippen molar-refractivity contribution in [2.45, 2.75) is 19.9 Å². The SMILES string of the molecule is CCOC(=O)C1=C(C)N=c2s/c(=C\c3ccc(-c4cccc(C(=O)OC)c4)o3)c(=O)n2[C@H]1c1ccc(Br)cc1. The van der Waals surface area contributed by atoms with Gasteiger partial charge in [0, 0.05) is 16.1 Å². The molecule has 198 valence electrons. The van der Waals surface area contributed by atoms with Crippen LogP contribution in [0.15, 0.2) is 90.6 Å². The maximum absolute atomic E-state index is 13.7. The summed E-state index contributed by atoms with van der Waals surface area (Å²) < 4.78 is 18.9. The van der Waals surface area contributed by atoms with E-state index in [1.807, 2.05) is 30.3 Å². The molecule has 1 aliphatic heterocycles. The molecule has 2 aromatic heterocycles. The van der Waals surface area contributed by atoms with Gasteiger partial charge < -0.3 is 13.9 Å². The third-order valence-corrected chi connectivity index (χ3v) is 7.68. The van der Waals surface area contributed by atoms with Crippen molar-refractivity contribution in [2.24, 2.45) is 4.99 Å². The van der Waals surface area contributed by atoms with Crippen molar-refractivity contribution in [3.05, 3.63) is 113 Å². The number of thiazole rings is 1. The number of hydrogen-bond donors (Lipinski definition) is 0. The summed E-state index contributed by atoms with van der Waals surface area (Å²) in [4.78, 5) is 43.7. The van der Waals surface area contributed by atoms with Gasteiger partial charge in [0.15, 0.2) is 4.80 Å². The highest BCUT2D eigenvalue weighted by Gasteiger charge is 2.33. The third-order valence-electron chi connectivity index (χ3n) is 6.17. The van der Waals surface area contributed by atoms with E-state index in [1.54, 1.807) is 50.3 Å². The molecular weight excluding hydrogens is 584 g/mol. The summed E-state index contributed by atoms with van der Waals surface area (Å²) in [7, 11) is 1.33. The third kappa shape index (κ3) is 5.17. The van der Waals surface area contributed by atoms with E-state index in [1.165, 1.54) is 23.0 Å². The zero-order valence-electron chi connectivity index (χ0n) is 21.3. The molecule has 10 heteroatoms. The van der Waals surface area contributed by atoms with Gasteiger partial charge in [-0.3, -0.25) is 9.36 Å². The van der Waals surface area contributed by atoms with Crippen molar-refractivity contribution >= 4 is 45.3 Å². The fraction of sp³-hybridized carbons (Fsp3) is 0.172. The number of halogens is 1. The maximum Gasteiger partial charge on any atom is 0.338 e. The number of ether oxygens (including phenoxy) is 2. The predicted octanol–water partition coefficient (Wildman–Crippen LogP) is 4.61. The highest BCUT2D eigenvalue weighted by molar-refractivity contribution is 9.10. The van der Waals surface area contributed by atoms with Gasteiger partial charge in [-0.2, -0.15) is 0 Å². The van der Waals surface area contributed by atoms with Gasteiger partial charge in [0.1, 0.15) is 11.5 Å². The summed E-state index contributed by atoms with van der Waals surface area (Å²) in [6.07, 6.45) is 1.65. The minimum atomic E-state index is -0.691. The summed E-state index contributed by atoms with van der Waals surface area (Å²) in [5.41, 5.74) is 2.38. The second-order valence-corrected chi connectivity index (χ2v) is 10.6. The number of rotatable bonds is 6. The molecule has 0 saturated carbocycles. The first-order chi connectivity index (χ1) is 18.8. The molecular formula is C29H23BrN2O6S. The molecule has 5 rings (SSSR count). The standard InChI is InChI=1S/C29H23BrN2O6S/c1-4-37-28(35)24-16(2)31-29-32(25(24)17-8-10-20(30)11-9-17)26(33)23(39-29)15-21-12-13-22(38-21)18-6-5-7-19(14-18)27(34)36-3/h5-15,25H,4H2,1-3H3/b23-15-/t25-/m0/s1. The average molecular weight is 607 g/mol. The molecule has 2 aromatic carbocycles. The smallest absolute Gasteiger partial charge is 0.338 e. The number of allylic oxidation sites excluding steroid dienone is 1. The topological polar surface area (TPSA) is 100 Å². The number of carbonyl (C=O) groups excluding carboxylic acids is 2. The number of aromatic nitrogens is 1. The average Bonchev–Trinajstić information content (AvgIpc) is 3.52. The molecule has 0 radical (unpaired) electrons. The number of methoxy groups -OCH3 is 1. The quantitative estimate of drug-likeness (QED) is 0.297. The number of carbonyl (C=O) groups is 2. The Hall–Kier alpha value is -4.02. The zero-order valence-corrected chi connectivity index (χ0v) is 23.7. The molecule has 1 atom stereocenters. The molecule has 0 unspecified atom stereocenters. The van der Waals surface area contributed by atoms with Gasteiger partial charge in [0.2, 0.25) is 0 Å². The summed E-state index contributed by atoms with van der Waals surface area (Å²) >= 11 is 4.66. The van der Waals surface area contributed by atoms with Crippen LogP contribution in [0.3, 0.4) is 0 Å². The first-order valence-electron chi connectivity index (χ1n) is 12.0. The number of esters is 2. The highest BCUT2D eigenvalue weighted by Crippen LogP contribution is 2.31. The van der Waals surface area contributed by atoms with Crippen LogP contribution in [-0.4, -0.2) is 30.2 Å². The minimum absolute atomic E-state index is 0.205. The first kappa shape index (κ1) is 26.6. The normalized spacial score (nSPS) is 15.1. The van der Waals surface area contributed by atoms with Crippen LogP contribution in [0.25, 0.3) is 17.4 Å². The van der Waals surface area contributed by atoms with Crippen molar-refractivity contribution in [3.63, 3.8) is 0 Å². The Morgan fingerprint density at radius 3 is 2.62 bits per heavy atom. The minimum Gasteiger partial charge on any atom is -0.465 e. The van der Waals surface area contributed by atoms with Gasteiger partial charge >= 0.3 is 11.9 Å². The van der Waals surface area contributed by atoms with E-state index >= 15 is 0 Å². The number of benzene rings is 2. The summed E-state index contributed by atoms with van der Waals surface area (Å²) in [5, 5.41) is 0. The fourth-order valence-electron chi connectivity index (χ4n) is 4.38. The Morgan fingerprint density at radius 2 is 1.90 bits per heavy atom. The Morgan fingerprint density at radius 1 is 1.13 bits per heavy atom. The van der Waals surface area contributed by atoms with Crippen LogP contribution in [0.1, 0.15) is 41.6 Å². The molecule has 0 fully saturated rings. The van der Waals surface area contributed by atoms with Gasteiger partial charge in [-0.1, -0.05) is 51.5 Å². The second-order valence-electron chi connectivity index (χ2n) is 8.63. The molecule has 0 bridgehead atoms. The molecule has 0 aliphatic carbocycles. The zero-order chi connectivity index (χ0) is 27.7. The Balaban J connectivity index is 1.60. The van der Waals surface area contributed by atoms with Crippen molar-refractivity contribution in [1.82, 2.24) is 4.57 Å². The molecule has 0 spiro atoms. The molecule has 0 N–H and O–H groups in total. The number of hydrogen-bond acceptors (Lipinski definition) is 8. The van der Waals surface area contributed by atoms with Crippen molar-refractivity contribution in [1.29, 1.82) is 0 Å². The molecule has 8 nitrogen and oxygen atoms in total. The summed E-state index contributed by atoms with van der Waals surface area (Å²) in [5.74, 6) is 0.0431. The maximum atomic E-state index is 13.7. The van der Waals surface area contributed by atoms with Crippen molar-refractivity contribution in [3.8, 4) is 11.3 Å². The van der Waals surface area contributed by atoms with Crippen LogP contribution in [0.4, 0.5) is 0 Å². The number of furan rings is 1. The fourth-order valence-corrected chi connectivity index (χ4v) is 5.68. The first-order valence-corrected chi connectivity index (χ1v) is 13.7. The highest BCUT2D eigenvalue weighted by atomic mass is 79.9. The van der Waals surface area contributed by atoms with Crippen molar-refractivity contribution in [2.75, 3.05) is 13.7 Å². The van der Waals surface area contributed by atoms with Gasteiger partial charge in [0.05, 0.1) is 41.1 Å². The Labute approximate surface area is 235 Å². The van der Waals surface area contributed by atoms with Crippen LogP contribution >= 0.6 is 27.3 Å². The van der Waals surface area contributed by atoms with Gasteiger partial charge in [-0.15, -0.1) is 0 Å². The van der Waals surface area contributed by atoms with E-state index in [2.05, 4.69) is 20.9 Å². The number of nitrogens with zero attached hydrogens (tertiary/aromatic N) is 2. The predicted molar refractivity (Wildman–Crippen MR) is 150 cm³/mol.